The number of carbonyl (C=O) groups excluding carboxylic acids is 1. The average molecular weight is 330 g/mol. The van der Waals surface area contributed by atoms with Crippen molar-refractivity contribution < 1.29 is 19.4 Å². The van der Waals surface area contributed by atoms with E-state index in [2.05, 4.69) is 10.3 Å². The van der Waals surface area contributed by atoms with Gasteiger partial charge in [0, 0.05) is 24.5 Å². The molecule has 0 bridgehead atoms. The highest BCUT2D eigenvalue weighted by atomic mass is 16.5. The molecule has 0 saturated heterocycles. The van der Waals surface area contributed by atoms with Gasteiger partial charge in [0.15, 0.2) is 11.5 Å². The zero-order valence-corrected chi connectivity index (χ0v) is 13.9. The van der Waals surface area contributed by atoms with Crippen LogP contribution in [0.4, 0.5) is 0 Å². The summed E-state index contributed by atoms with van der Waals surface area (Å²) in [4.78, 5) is 16.0. The first-order chi connectivity index (χ1) is 11.6. The van der Waals surface area contributed by atoms with Crippen LogP contribution in [0.1, 0.15) is 29.8 Å². The van der Waals surface area contributed by atoms with E-state index < -0.39 is 6.10 Å². The van der Waals surface area contributed by atoms with Crippen molar-refractivity contribution in [3.63, 3.8) is 0 Å². The van der Waals surface area contributed by atoms with Gasteiger partial charge in [-0.3, -0.25) is 9.78 Å². The second-order valence-electron chi connectivity index (χ2n) is 5.30. The summed E-state index contributed by atoms with van der Waals surface area (Å²) in [5.41, 5.74) is 1.45. The summed E-state index contributed by atoms with van der Waals surface area (Å²) >= 11 is 0. The predicted octanol–water partition coefficient (Wildman–Crippen LogP) is 2.17. The van der Waals surface area contributed by atoms with Crippen LogP contribution in [0.15, 0.2) is 42.7 Å². The van der Waals surface area contributed by atoms with E-state index in [4.69, 9.17) is 9.47 Å². The number of nitrogens with one attached hydrogen (secondary N) is 1. The highest BCUT2D eigenvalue weighted by Crippen LogP contribution is 2.29. The molecular weight excluding hydrogens is 308 g/mol. The first kappa shape index (κ1) is 17.7. The highest BCUT2D eigenvalue weighted by molar-refractivity contribution is 5.94. The van der Waals surface area contributed by atoms with Gasteiger partial charge >= 0.3 is 0 Å². The lowest BCUT2D eigenvalue weighted by Crippen LogP contribution is -2.30. The maximum absolute atomic E-state index is 12.1. The number of hydrogen-bond donors (Lipinski definition) is 2. The van der Waals surface area contributed by atoms with Crippen LogP contribution in [-0.2, 0) is 6.61 Å². The largest absolute Gasteiger partial charge is 0.490 e. The lowest BCUT2D eigenvalue weighted by Gasteiger charge is -2.14. The molecule has 0 unspecified atom stereocenters. The number of ether oxygens (including phenoxy) is 2. The van der Waals surface area contributed by atoms with Crippen molar-refractivity contribution in [2.24, 2.45) is 0 Å². The second kappa shape index (κ2) is 8.88. The number of hydrogen-bond acceptors (Lipinski definition) is 5. The van der Waals surface area contributed by atoms with Crippen molar-refractivity contribution in [1.29, 1.82) is 0 Å². The lowest BCUT2D eigenvalue weighted by atomic mass is 10.2. The van der Waals surface area contributed by atoms with Gasteiger partial charge in [0.2, 0.25) is 0 Å². The van der Waals surface area contributed by atoms with Crippen molar-refractivity contribution in [2.75, 3.05) is 13.2 Å². The molecule has 0 saturated carbocycles. The van der Waals surface area contributed by atoms with Crippen molar-refractivity contribution in [3.05, 3.63) is 53.9 Å². The molecule has 0 spiro atoms. The number of aliphatic hydroxyl groups is 1. The molecule has 1 amide bonds. The molecule has 1 aromatic carbocycles. The minimum atomic E-state index is -0.594. The molecule has 6 heteroatoms. The molecule has 1 aromatic heterocycles. The molecule has 128 valence electrons. The predicted molar refractivity (Wildman–Crippen MR) is 90.2 cm³/mol. The standard InChI is InChI=1S/C18H22N2O4/c1-3-23-17-10-15(18(22)20-11-13(2)21)4-5-16(17)24-12-14-6-8-19-9-7-14/h4-10,13,21H,3,11-12H2,1-2H3,(H,20,22)/t13-/m1/s1. The minimum absolute atomic E-state index is 0.198. The quantitative estimate of drug-likeness (QED) is 0.775. The Balaban J connectivity index is 2.09. The van der Waals surface area contributed by atoms with Gasteiger partial charge in [-0.2, -0.15) is 0 Å². The number of pyridine rings is 1. The van der Waals surface area contributed by atoms with Crippen molar-refractivity contribution in [3.8, 4) is 11.5 Å². The Bertz CT molecular complexity index is 659. The van der Waals surface area contributed by atoms with Gasteiger partial charge in [0.25, 0.3) is 5.91 Å². The Morgan fingerprint density at radius 2 is 1.96 bits per heavy atom. The van der Waals surface area contributed by atoms with Crippen molar-refractivity contribution in [2.45, 2.75) is 26.6 Å². The molecule has 0 fully saturated rings. The Hall–Kier alpha value is -2.60. The van der Waals surface area contributed by atoms with Gasteiger partial charge in [0.1, 0.15) is 6.61 Å². The molecule has 2 N–H and O–H groups in total. The second-order valence-corrected chi connectivity index (χ2v) is 5.30. The summed E-state index contributed by atoms with van der Waals surface area (Å²) in [6, 6.07) is 8.77. The normalized spacial score (nSPS) is 11.6. The number of benzene rings is 1. The molecule has 2 aromatic rings. The molecular formula is C18H22N2O4. The molecule has 0 aliphatic rings. The topological polar surface area (TPSA) is 80.7 Å². The number of carbonyl (C=O) groups is 1. The molecule has 1 heterocycles. The summed E-state index contributed by atoms with van der Waals surface area (Å²) in [7, 11) is 0. The third-order valence-electron chi connectivity index (χ3n) is 3.21. The number of aromatic nitrogens is 1. The molecule has 1 atom stereocenters. The summed E-state index contributed by atoms with van der Waals surface area (Å²) in [6.07, 6.45) is 2.82. The zero-order chi connectivity index (χ0) is 17.4. The van der Waals surface area contributed by atoms with E-state index in [1.807, 2.05) is 19.1 Å². The Kier molecular flexibility index (Phi) is 6.57. The van der Waals surface area contributed by atoms with Gasteiger partial charge in [-0.25, -0.2) is 0 Å². The molecule has 2 rings (SSSR count). The van der Waals surface area contributed by atoms with E-state index in [0.29, 0.717) is 30.3 Å². The maximum Gasteiger partial charge on any atom is 0.251 e. The fourth-order valence-electron chi connectivity index (χ4n) is 2.02. The number of nitrogens with zero attached hydrogens (tertiary/aromatic N) is 1. The van der Waals surface area contributed by atoms with Crippen molar-refractivity contribution in [1.82, 2.24) is 10.3 Å². The first-order valence-electron chi connectivity index (χ1n) is 7.85. The van der Waals surface area contributed by atoms with E-state index in [9.17, 15) is 9.90 Å². The Morgan fingerprint density at radius 3 is 2.62 bits per heavy atom. The van der Waals surface area contributed by atoms with Gasteiger partial charge in [-0.15, -0.1) is 0 Å². The van der Waals surface area contributed by atoms with E-state index in [1.165, 1.54) is 0 Å². The Morgan fingerprint density at radius 1 is 1.21 bits per heavy atom. The molecule has 0 aliphatic carbocycles. The smallest absolute Gasteiger partial charge is 0.251 e. The van der Waals surface area contributed by atoms with E-state index in [0.717, 1.165) is 5.56 Å². The third kappa shape index (κ3) is 5.24. The van der Waals surface area contributed by atoms with Gasteiger partial charge < -0.3 is 19.9 Å². The molecule has 0 aliphatic heterocycles. The first-order valence-corrected chi connectivity index (χ1v) is 7.85. The maximum atomic E-state index is 12.1. The molecule has 0 radical (unpaired) electrons. The SMILES string of the molecule is CCOc1cc(C(=O)NC[C@@H](C)O)ccc1OCc1ccncc1. The van der Waals surface area contributed by atoms with E-state index in [1.54, 1.807) is 37.5 Å². The van der Waals surface area contributed by atoms with Crippen LogP contribution in [0.5, 0.6) is 11.5 Å². The number of amides is 1. The summed E-state index contributed by atoms with van der Waals surface area (Å²) in [5.74, 6) is 0.814. The Labute approximate surface area is 141 Å². The third-order valence-corrected chi connectivity index (χ3v) is 3.21. The van der Waals surface area contributed by atoms with Crippen LogP contribution < -0.4 is 14.8 Å². The van der Waals surface area contributed by atoms with Gasteiger partial charge in [-0.05, 0) is 49.7 Å². The van der Waals surface area contributed by atoms with Crippen LogP contribution in [-0.4, -0.2) is 35.3 Å². The fraction of sp³-hybridized carbons (Fsp3) is 0.333. The van der Waals surface area contributed by atoms with Gasteiger partial charge in [0.05, 0.1) is 12.7 Å². The monoisotopic (exact) mass is 330 g/mol. The average Bonchev–Trinajstić information content (AvgIpc) is 2.59. The van der Waals surface area contributed by atoms with E-state index in [-0.39, 0.29) is 12.5 Å². The van der Waals surface area contributed by atoms with Crippen LogP contribution >= 0.6 is 0 Å². The zero-order valence-electron chi connectivity index (χ0n) is 13.9. The summed E-state index contributed by atoms with van der Waals surface area (Å²) < 4.78 is 11.4. The van der Waals surface area contributed by atoms with Crippen LogP contribution in [0.2, 0.25) is 0 Å². The molecule has 24 heavy (non-hydrogen) atoms. The van der Waals surface area contributed by atoms with Crippen LogP contribution in [0, 0.1) is 0 Å². The summed E-state index contributed by atoms with van der Waals surface area (Å²) in [6.45, 7) is 4.53. The van der Waals surface area contributed by atoms with Crippen LogP contribution in [0.25, 0.3) is 0 Å². The number of aliphatic hydroxyl groups excluding tert-OH is 1. The van der Waals surface area contributed by atoms with E-state index >= 15 is 0 Å². The lowest BCUT2D eigenvalue weighted by molar-refractivity contribution is 0.0923. The fourth-order valence-corrected chi connectivity index (χ4v) is 2.02. The summed E-state index contributed by atoms with van der Waals surface area (Å²) in [5, 5.41) is 11.9. The van der Waals surface area contributed by atoms with Gasteiger partial charge in [-0.1, -0.05) is 0 Å². The molecule has 6 nitrogen and oxygen atoms in total. The van der Waals surface area contributed by atoms with Crippen LogP contribution in [0.3, 0.4) is 0 Å². The van der Waals surface area contributed by atoms with Crippen molar-refractivity contribution >= 4 is 5.91 Å². The highest BCUT2D eigenvalue weighted by Gasteiger charge is 2.12. The number of rotatable bonds is 8. The minimum Gasteiger partial charge on any atom is -0.490 e.